The van der Waals surface area contributed by atoms with Gasteiger partial charge >= 0.3 is 0 Å². The van der Waals surface area contributed by atoms with Gasteiger partial charge in [-0.2, -0.15) is 0 Å². The Bertz CT molecular complexity index is 816. The van der Waals surface area contributed by atoms with Crippen molar-refractivity contribution in [2.75, 3.05) is 18.4 Å². The van der Waals surface area contributed by atoms with E-state index >= 15 is 0 Å². The number of hydrogen-bond donors (Lipinski definition) is 2. The minimum atomic E-state index is -0.00348. The first-order valence-electron chi connectivity index (χ1n) is 9.02. The second-order valence-electron chi connectivity index (χ2n) is 6.22. The molecule has 3 rings (SSSR count). The van der Waals surface area contributed by atoms with Crippen LogP contribution in [-0.4, -0.2) is 19.0 Å². The molecule has 0 unspecified atom stereocenters. The number of carbonyl (C=O) groups is 1. The van der Waals surface area contributed by atoms with E-state index < -0.39 is 0 Å². The van der Waals surface area contributed by atoms with Gasteiger partial charge in [-0.15, -0.1) is 0 Å². The van der Waals surface area contributed by atoms with E-state index in [1.54, 1.807) is 0 Å². The molecule has 0 bridgehead atoms. The number of rotatable bonds is 8. The largest absolute Gasteiger partial charge is 0.385 e. The van der Waals surface area contributed by atoms with E-state index in [1.165, 1.54) is 5.56 Å². The SMILES string of the molecule is O=C(NCCCNc1ccccc1)c1ccccc1Cc1ccccc1. The van der Waals surface area contributed by atoms with E-state index in [-0.39, 0.29) is 5.91 Å². The topological polar surface area (TPSA) is 41.1 Å². The number of benzene rings is 3. The highest BCUT2D eigenvalue weighted by Gasteiger charge is 2.10. The van der Waals surface area contributed by atoms with Crippen LogP contribution in [0.5, 0.6) is 0 Å². The van der Waals surface area contributed by atoms with Gasteiger partial charge in [-0.25, -0.2) is 0 Å². The highest BCUT2D eigenvalue weighted by molar-refractivity contribution is 5.95. The van der Waals surface area contributed by atoms with Crippen LogP contribution in [0.4, 0.5) is 5.69 Å². The Hall–Kier alpha value is -3.07. The van der Waals surface area contributed by atoms with Gasteiger partial charge in [0.25, 0.3) is 5.91 Å². The van der Waals surface area contributed by atoms with E-state index in [0.717, 1.165) is 36.2 Å². The summed E-state index contributed by atoms with van der Waals surface area (Å²) in [4.78, 5) is 12.6. The van der Waals surface area contributed by atoms with Gasteiger partial charge in [0.15, 0.2) is 0 Å². The second kappa shape index (κ2) is 9.42. The van der Waals surface area contributed by atoms with Crippen LogP contribution in [0.1, 0.15) is 27.9 Å². The molecule has 0 aliphatic heterocycles. The minimum absolute atomic E-state index is 0.00348. The number of carbonyl (C=O) groups excluding carboxylic acids is 1. The van der Waals surface area contributed by atoms with Crippen molar-refractivity contribution in [3.8, 4) is 0 Å². The zero-order valence-electron chi connectivity index (χ0n) is 14.8. The van der Waals surface area contributed by atoms with Crippen molar-refractivity contribution in [3.63, 3.8) is 0 Å². The summed E-state index contributed by atoms with van der Waals surface area (Å²) in [7, 11) is 0. The van der Waals surface area contributed by atoms with E-state index in [1.807, 2.05) is 72.8 Å². The van der Waals surface area contributed by atoms with Crippen LogP contribution in [0.25, 0.3) is 0 Å². The standard InChI is InChI=1S/C23H24N2O/c26-23(25-17-9-16-24-21-13-5-2-6-14-21)22-15-8-7-12-20(22)18-19-10-3-1-4-11-19/h1-8,10-15,24H,9,16-18H2,(H,25,26). The highest BCUT2D eigenvalue weighted by atomic mass is 16.1. The third kappa shape index (κ3) is 5.21. The molecule has 132 valence electrons. The van der Waals surface area contributed by atoms with Gasteiger partial charge in [0.05, 0.1) is 0 Å². The van der Waals surface area contributed by atoms with Crippen LogP contribution in [-0.2, 0) is 6.42 Å². The Kier molecular flexibility index (Phi) is 6.43. The Balaban J connectivity index is 1.50. The minimum Gasteiger partial charge on any atom is -0.385 e. The van der Waals surface area contributed by atoms with Crippen molar-refractivity contribution >= 4 is 11.6 Å². The molecule has 0 atom stereocenters. The number of para-hydroxylation sites is 1. The number of hydrogen-bond acceptors (Lipinski definition) is 2. The molecule has 0 aromatic heterocycles. The lowest BCUT2D eigenvalue weighted by atomic mass is 9.99. The maximum atomic E-state index is 12.6. The maximum Gasteiger partial charge on any atom is 0.251 e. The first kappa shape index (κ1) is 17.7. The molecule has 3 aromatic carbocycles. The predicted molar refractivity (Wildman–Crippen MR) is 108 cm³/mol. The molecule has 0 aliphatic rings. The Labute approximate surface area is 155 Å². The lowest BCUT2D eigenvalue weighted by Gasteiger charge is -2.11. The zero-order chi connectivity index (χ0) is 18.0. The van der Waals surface area contributed by atoms with E-state index in [2.05, 4.69) is 22.8 Å². The molecule has 1 amide bonds. The summed E-state index contributed by atoms with van der Waals surface area (Å²) in [5, 5.41) is 6.38. The summed E-state index contributed by atoms with van der Waals surface area (Å²) >= 11 is 0. The Morgan fingerprint density at radius 2 is 1.38 bits per heavy atom. The monoisotopic (exact) mass is 344 g/mol. The summed E-state index contributed by atoms with van der Waals surface area (Å²) < 4.78 is 0. The normalized spacial score (nSPS) is 10.3. The molecule has 0 fully saturated rings. The van der Waals surface area contributed by atoms with Crippen molar-refractivity contribution in [1.82, 2.24) is 5.32 Å². The summed E-state index contributed by atoms with van der Waals surface area (Å²) in [6, 6.07) is 28.2. The van der Waals surface area contributed by atoms with Crippen LogP contribution < -0.4 is 10.6 Å². The Morgan fingerprint density at radius 3 is 2.15 bits per heavy atom. The molecule has 0 spiro atoms. The lowest BCUT2D eigenvalue weighted by molar-refractivity contribution is 0.0953. The smallest absolute Gasteiger partial charge is 0.251 e. The van der Waals surface area contributed by atoms with E-state index in [4.69, 9.17) is 0 Å². The van der Waals surface area contributed by atoms with E-state index in [9.17, 15) is 4.79 Å². The highest BCUT2D eigenvalue weighted by Crippen LogP contribution is 2.14. The zero-order valence-corrected chi connectivity index (χ0v) is 14.8. The molecule has 0 radical (unpaired) electrons. The molecule has 0 aliphatic carbocycles. The third-order valence-corrected chi connectivity index (χ3v) is 4.24. The molecule has 26 heavy (non-hydrogen) atoms. The van der Waals surface area contributed by atoms with Gasteiger partial charge in [0.2, 0.25) is 0 Å². The van der Waals surface area contributed by atoms with Crippen molar-refractivity contribution in [1.29, 1.82) is 0 Å². The first-order chi connectivity index (χ1) is 12.8. The quantitative estimate of drug-likeness (QED) is 0.590. The van der Waals surface area contributed by atoms with Crippen molar-refractivity contribution < 1.29 is 4.79 Å². The van der Waals surface area contributed by atoms with Gasteiger partial charge in [-0.3, -0.25) is 4.79 Å². The molecule has 0 saturated carbocycles. The average Bonchev–Trinajstić information content (AvgIpc) is 2.69. The number of anilines is 1. The van der Waals surface area contributed by atoms with E-state index in [0.29, 0.717) is 6.54 Å². The summed E-state index contributed by atoms with van der Waals surface area (Å²) in [5.74, 6) is -0.00348. The van der Waals surface area contributed by atoms with Crippen LogP contribution in [0.3, 0.4) is 0 Å². The second-order valence-corrected chi connectivity index (χ2v) is 6.22. The average molecular weight is 344 g/mol. The lowest BCUT2D eigenvalue weighted by Crippen LogP contribution is -2.26. The van der Waals surface area contributed by atoms with Gasteiger partial charge in [-0.05, 0) is 42.2 Å². The van der Waals surface area contributed by atoms with Crippen LogP contribution in [0, 0.1) is 0 Å². The molecule has 3 nitrogen and oxygen atoms in total. The van der Waals surface area contributed by atoms with Crippen molar-refractivity contribution in [3.05, 3.63) is 102 Å². The number of amides is 1. The van der Waals surface area contributed by atoms with Gasteiger partial charge < -0.3 is 10.6 Å². The third-order valence-electron chi connectivity index (χ3n) is 4.24. The molecule has 0 saturated heterocycles. The van der Waals surface area contributed by atoms with Crippen molar-refractivity contribution in [2.45, 2.75) is 12.8 Å². The van der Waals surface area contributed by atoms with Crippen LogP contribution >= 0.6 is 0 Å². The fourth-order valence-corrected chi connectivity index (χ4v) is 2.89. The molecular formula is C23H24N2O. The molecule has 0 heterocycles. The molecular weight excluding hydrogens is 320 g/mol. The van der Waals surface area contributed by atoms with Crippen LogP contribution in [0.2, 0.25) is 0 Å². The molecule has 3 heteroatoms. The Morgan fingerprint density at radius 1 is 0.731 bits per heavy atom. The summed E-state index contributed by atoms with van der Waals surface area (Å²) in [5.41, 5.74) is 4.12. The predicted octanol–water partition coefficient (Wildman–Crippen LogP) is 4.51. The van der Waals surface area contributed by atoms with Gasteiger partial charge in [-0.1, -0.05) is 66.7 Å². The molecule has 2 N–H and O–H groups in total. The fourth-order valence-electron chi connectivity index (χ4n) is 2.89. The van der Waals surface area contributed by atoms with Crippen molar-refractivity contribution in [2.24, 2.45) is 0 Å². The summed E-state index contributed by atoms with van der Waals surface area (Å²) in [6.45, 7) is 1.48. The number of nitrogens with one attached hydrogen (secondary N) is 2. The van der Waals surface area contributed by atoms with Crippen LogP contribution in [0.15, 0.2) is 84.9 Å². The summed E-state index contributed by atoms with van der Waals surface area (Å²) in [6.07, 6.45) is 1.64. The first-order valence-corrected chi connectivity index (χ1v) is 9.02. The van der Waals surface area contributed by atoms with Gasteiger partial charge in [0.1, 0.15) is 0 Å². The fraction of sp³-hybridized carbons (Fsp3) is 0.174. The molecule has 3 aromatic rings. The maximum absolute atomic E-state index is 12.6. The van der Waals surface area contributed by atoms with Gasteiger partial charge in [0, 0.05) is 24.3 Å².